The lowest BCUT2D eigenvalue weighted by Crippen LogP contribution is -1.83. The van der Waals surface area contributed by atoms with Crippen molar-refractivity contribution in [2.75, 3.05) is 0 Å². The van der Waals surface area contributed by atoms with Crippen LogP contribution in [0.15, 0.2) is 28.2 Å². The maximum absolute atomic E-state index is 10.6. The molecule has 0 saturated heterocycles. The molecule has 0 saturated carbocycles. The van der Waals surface area contributed by atoms with E-state index in [0.717, 1.165) is 28.3 Å². The van der Waals surface area contributed by atoms with Gasteiger partial charge in [-0.25, -0.2) is 0 Å². The minimum atomic E-state index is 0.667. The van der Waals surface area contributed by atoms with E-state index in [1.54, 1.807) is 6.07 Å². The van der Waals surface area contributed by atoms with E-state index in [9.17, 15) is 4.79 Å². The van der Waals surface area contributed by atoms with E-state index < -0.39 is 0 Å². The van der Waals surface area contributed by atoms with Crippen LogP contribution in [-0.4, -0.2) is 6.29 Å². The van der Waals surface area contributed by atoms with E-state index in [0.29, 0.717) is 5.02 Å². The van der Waals surface area contributed by atoms with Gasteiger partial charge in [0.25, 0.3) is 0 Å². The molecular formula is C11H10BrClO. The quantitative estimate of drug-likeness (QED) is 0.599. The first-order chi connectivity index (χ1) is 6.67. The molecule has 0 radical (unpaired) electrons. The number of allylic oxidation sites excluding steroid dienone is 1. The molecule has 0 aliphatic carbocycles. The van der Waals surface area contributed by atoms with Crippen LogP contribution >= 0.6 is 27.5 Å². The van der Waals surface area contributed by atoms with Crippen molar-refractivity contribution in [3.8, 4) is 0 Å². The third kappa shape index (κ3) is 2.96. The fourth-order valence-electron chi connectivity index (χ4n) is 1.04. The number of hydrogen-bond acceptors (Lipinski definition) is 1. The van der Waals surface area contributed by atoms with Crippen molar-refractivity contribution in [1.82, 2.24) is 0 Å². The summed E-state index contributed by atoms with van der Waals surface area (Å²) in [6.45, 7) is 1.94. The van der Waals surface area contributed by atoms with E-state index in [1.165, 1.54) is 0 Å². The molecule has 0 bridgehead atoms. The number of aldehydes is 1. The van der Waals surface area contributed by atoms with Crippen LogP contribution in [0, 0.1) is 0 Å². The Morgan fingerprint density at radius 3 is 2.86 bits per heavy atom. The molecule has 74 valence electrons. The topological polar surface area (TPSA) is 17.1 Å². The van der Waals surface area contributed by atoms with Gasteiger partial charge >= 0.3 is 0 Å². The summed E-state index contributed by atoms with van der Waals surface area (Å²) < 4.78 is 0.940. The fourth-order valence-corrected chi connectivity index (χ4v) is 1.59. The molecule has 1 aromatic rings. The molecule has 0 amide bonds. The minimum Gasteiger partial charge on any atom is -0.298 e. The minimum absolute atomic E-state index is 0.667. The van der Waals surface area contributed by atoms with Gasteiger partial charge in [-0.3, -0.25) is 4.79 Å². The number of rotatable bonds is 3. The lowest BCUT2D eigenvalue weighted by atomic mass is 10.1. The van der Waals surface area contributed by atoms with Crippen molar-refractivity contribution < 1.29 is 4.79 Å². The van der Waals surface area contributed by atoms with Gasteiger partial charge in [-0.1, -0.05) is 34.5 Å². The second-order valence-electron chi connectivity index (χ2n) is 2.86. The molecule has 0 spiro atoms. The van der Waals surface area contributed by atoms with Crippen molar-refractivity contribution >= 4 is 39.9 Å². The molecule has 0 N–H and O–H groups in total. The molecule has 0 aliphatic rings. The van der Waals surface area contributed by atoms with Crippen LogP contribution in [0.4, 0.5) is 0 Å². The SMILES string of the molecule is CCC(C=O)=Cc1cc(Cl)ccc1Br. The summed E-state index contributed by atoms with van der Waals surface area (Å²) in [5.41, 5.74) is 1.69. The van der Waals surface area contributed by atoms with E-state index in [4.69, 9.17) is 11.6 Å². The smallest absolute Gasteiger partial charge is 0.146 e. The Kier molecular flexibility index (Phi) is 4.36. The number of hydrogen-bond donors (Lipinski definition) is 0. The lowest BCUT2D eigenvalue weighted by molar-refractivity contribution is -0.104. The molecule has 3 heteroatoms. The average molecular weight is 274 g/mol. The Morgan fingerprint density at radius 2 is 2.29 bits per heavy atom. The summed E-state index contributed by atoms with van der Waals surface area (Å²) in [6, 6.07) is 5.49. The summed E-state index contributed by atoms with van der Waals surface area (Å²) in [5, 5.41) is 0.667. The van der Waals surface area contributed by atoms with Crippen molar-refractivity contribution in [2.24, 2.45) is 0 Å². The van der Waals surface area contributed by atoms with Gasteiger partial charge in [-0.05, 0) is 41.8 Å². The molecule has 1 aromatic carbocycles. The number of benzene rings is 1. The molecule has 0 heterocycles. The van der Waals surface area contributed by atoms with Crippen LogP contribution in [0.1, 0.15) is 18.9 Å². The van der Waals surface area contributed by atoms with Gasteiger partial charge in [0.15, 0.2) is 0 Å². The Balaban J connectivity index is 3.12. The first kappa shape index (κ1) is 11.5. The van der Waals surface area contributed by atoms with Crippen LogP contribution in [0.3, 0.4) is 0 Å². The highest BCUT2D eigenvalue weighted by Crippen LogP contribution is 2.23. The molecular weight excluding hydrogens is 263 g/mol. The molecule has 1 rings (SSSR count). The van der Waals surface area contributed by atoms with Gasteiger partial charge in [0.2, 0.25) is 0 Å². The average Bonchev–Trinajstić information content (AvgIpc) is 2.19. The summed E-state index contributed by atoms with van der Waals surface area (Å²) in [5.74, 6) is 0. The van der Waals surface area contributed by atoms with E-state index in [-0.39, 0.29) is 0 Å². The zero-order chi connectivity index (χ0) is 10.6. The maximum Gasteiger partial charge on any atom is 0.146 e. The first-order valence-electron chi connectivity index (χ1n) is 4.28. The molecule has 0 aromatic heterocycles. The van der Waals surface area contributed by atoms with Crippen LogP contribution in [0.25, 0.3) is 6.08 Å². The summed E-state index contributed by atoms with van der Waals surface area (Å²) in [7, 11) is 0. The standard InChI is InChI=1S/C11H10BrClO/c1-2-8(7-14)5-9-6-10(13)3-4-11(9)12/h3-7H,2H2,1H3. The van der Waals surface area contributed by atoms with Gasteiger partial charge in [0.1, 0.15) is 6.29 Å². The normalized spacial score (nSPS) is 11.5. The zero-order valence-electron chi connectivity index (χ0n) is 7.76. The van der Waals surface area contributed by atoms with Gasteiger partial charge in [0.05, 0.1) is 0 Å². The zero-order valence-corrected chi connectivity index (χ0v) is 10.1. The molecule has 0 aliphatic heterocycles. The van der Waals surface area contributed by atoms with Crippen molar-refractivity contribution in [3.05, 3.63) is 38.8 Å². The number of carbonyl (C=O) groups is 1. The number of carbonyl (C=O) groups excluding carboxylic acids is 1. The largest absolute Gasteiger partial charge is 0.298 e. The van der Waals surface area contributed by atoms with Gasteiger partial charge in [0, 0.05) is 9.50 Å². The lowest BCUT2D eigenvalue weighted by Gasteiger charge is -2.00. The fraction of sp³-hybridized carbons (Fsp3) is 0.182. The third-order valence-corrected chi connectivity index (χ3v) is 2.82. The molecule has 14 heavy (non-hydrogen) atoms. The van der Waals surface area contributed by atoms with E-state index >= 15 is 0 Å². The van der Waals surface area contributed by atoms with Crippen LogP contribution < -0.4 is 0 Å². The predicted molar refractivity (Wildman–Crippen MR) is 63.5 cm³/mol. The number of halogens is 2. The highest BCUT2D eigenvalue weighted by atomic mass is 79.9. The summed E-state index contributed by atoms with van der Waals surface area (Å²) in [6.07, 6.45) is 3.43. The molecule has 1 nitrogen and oxygen atoms in total. The van der Waals surface area contributed by atoms with E-state index in [2.05, 4.69) is 15.9 Å². The van der Waals surface area contributed by atoms with Gasteiger partial charge in [-0.2, -0.15) is 0 Å². The van der Waals surface area contributed by atoms with Crippen LogP contribution in [0.5, 0.6) is 0 Å². The van der Waals surface area contributed by atoms with Crippen molar-refractivity contribution in [3.63, 3.8) is 0 Å². The highest BCUT2D eigenvalue weighted by Gasteiger charge is 1.99. The maximum atomic E-state index is 10.6. The molecule has 0 atom stereocenters. The molecule has 0 fully saturated rings. The first-order valence-corrected chi connectivity index (χ1v) is 5.45. The second kappa shape index (κ2) is 5.32. The van der Waals surface area contributed by atoms with Crippen molar-refractivity contribution in [1.29, 1.82) is 0 Å². The summed E-state index contributed by atoms with van der Waals surface area (Å²) in [4.78, 5) is 10.6. The summed E-state index contributed by atoms with van der Waals surface area (Å²) >= 11 is 9.25. The monoisotopic (exact) mass is 272 g/mol. The Hall–Kier alpha value is -0.600. The van der Waals surface area contributed by atoms with Crippen molar-refractivity contribution in [2.45, 2.75) is 13.3 Å². The molecule has 0 unspecified atom stereocenters. The van der Waals surface area contributed by atoms with Gasteiger partial charge in [-0.15, -0.1) is 0 Å². The Labute approximate surface area is 96.9 Å². The predicted octanol–water partition coefficient (Wildman–Crippen LogP) is 4.09. The third-order valence-electron chi connectivity index (χ3n) is 1.86. The second-order valence-corrected chi connectivity index (χ2v) is 4.15. The van der Waals surface area contributed by atoms with Crippen LogP contribution in [0.2, 0.25) is 5.02 Å². The van der Waals surface area contributed by atoms with E-state index in [1.807, 2.05) is 25.1 Å². The Bertz CT molecular complexity index is 372. The van der Waals surface area contributed by atoms with Gasteiger partial charge < -0.3 is 0 Å². The highest BCUT2D eigenvalue weighted by molar-refractivity contribution is 9.10. The Morgan fingerprint density at radius 1 is 1.57 bits per heavy atom. The van der Waals surface area contributed by atoms with Crippen LogP contribution in [-0.2, 0) is 4.79 Å².